The van der Waals surface area contributed by atoms with Crippen molar-refractivity contribution in [2.75, 3.05) is 65.8 Å². The monoisotopic (exact) mass is 613 g/mol. The number of ether oxygens (including phenoxy) is 3. The second-order valence-corrected chi connectivity index (χ2v) is 12.3. The molecule has 0 unspecified atom stereocenters. The van der Waals surface area contributed by atoms with Gasteiger partial charge in [0.05, 0.1) is 19.8 Å². The minimum absolute atomic E-state index is 0.000730. The molecule has 4 fully saturated rings. The van der Waals surface area contributed by atoms with Gasteiger partial charge in [0.15, 0.2) is 0 Å². The molecule has 4 atom stereocenters. The van der Waals surface area contributed by atoms with E-state index in [9.17, 15) is 19.2 Å². The molecule has 4 amide bonds. The quantitative estimate of drug-likeness (QED) is 0.421. The van der Waals surface area contributed by atoms with Crippen LogP contribution in [0.5, 0.6) is 0 Å². The third-order valence-corrected chi connectivity index (χ3v) is 9.22. The van der Waals surface area contributed by atoms with Gasteiger partial charge in [0.1, 0.15) is 12.6 Å². The van der Waals surface area contributed by atoms with Gasteiger partial charge in [-0.2, -0.15) is 0 Å². The normalized spacial score (nSPS) is 28.2. The van der Waals surface area contributed by atoms with Crippen molar-refractivity contribution in [1.82, 2.24) is 25.8 Å². The zero-order chi connectivity index (χ0) is 30.7. The predicted octanol–water partition coefficient (Wildman–Crippen LogP) is 0.449. The second-order valence-electron chi connectivity index (χ2n) is 12.3. The van der Waals surface area contributed by atoms with E-state index < -0.39 is 6.04 Å². The first-order valence-corrected chi connectivity index (χ1v) is 16.1. The van der Waals surface area contributed by atoms with Gasteiger partial charge in [-0.15, -0.1) is 0 Å². The van der Waals surface area contributed by atoms with Crippen LogP contribution in [0.1, 0.15) is 44.1 Å². The first-order valence-electron chi connectivity index (χ1n) is 16.1. The second kappa shape index (κ2) is 16.3. The molecule has 0 aliphatic carbocycles. The molecule has 242 valence electrons. The van der Waals surface area contributed by atoms with Crippen LogP contribution in [0.2, 0.25) is 0 Å². The number of benzene rings is 1. The SMILES string of the molecule is O=C(C[C@@H]1CCN2C[C@@H]1CC(=O)N1C[C@@H](NC3CCOCC3)C[C@H]1C(=O)NCCOCCOCC2=O)NCc1ccccc1. The van der Waals surface area contributed by atoms with Crippen LogP contribution in [0.4, 0.5) is 0 Å². The van der Waals surface area contributed by atoms with Gasteiger partial charge in [-0.3, -0.25) is 19.2 Å². The van der Waals surface area contributed by atoms with Crippen LogP contribution in [0.3, 0.4) is 0 Å². The van der Waals surface area contributed by atoms with Crippen molar-refractivity contribution < 1.29 is 33.4 Å². The Labute approximate surface area is 259 Å². The van der Waals surface area contributed by atoms with E-state index in [1.54, 1.807) is 9.80 Å². The number of hydrogen-bond donors (Lipinski definition) is 3. The van der Waals surface area contributed by atoms with Crippen molar-refractivity contribution in [1.29, 1.82) is 0 Å². The highest BCUT2D eigenvalue weighted by atomic mass is 16.5. The molecule has 4 heterocycles. The first-order chi connectivity index (χ1) is 21.5. The van der Waals surface area contributed by atoms with Gasteiger partial charge in [-0.1, -0.05) is 30.3 Å². The van der Waals surface area contributed by atoms with Crippen molar-refractivity contribution in [3.8, 4) is 0 Å². The van der Waals surface area contributed by atoms with E-state index in [1.165, 1.54) is 0 Å². The maximum atomic E-state index is 14.0. The summed E-state index contributed by atoms with van der Waals surface area (Å²) >= 11 is 0. The number of carbonyl (C=O) groups excluding carboxylic acids is 4. The Bertz CT molecular complexity index is 1120. The lowest BCUT2D eigenvalue weighted by Crippen LogP contribution is -2.50. The summed E-state index contributed by atoms with van der Waals surface area (Å²) in [6, 6.07) is 9.45. The fourth-order valence-corrected chi connectivity index (χ4v) is 6.77. The van der Waals surface area contributed by atoms with E-state index >= 15 is 0 Å². The lowest BCUT2D eigenvalue weighted by molar-refractivity contribution is -0.143. The molecular formula is C32H47N5O7. The summed E-state index contributed by atoms with van der Waals surface area (Å²) in [5.41, 5.74) is 1.02. The zero-order valence-corrected chi connectivity index (χ0v) is 25.5. The van der Waals surface area contributed by atoms with E-state index in [-0.39, 0.29) is 67.6 Å². The average Bonchev–Trinajstić information content (AvgIpc) is 3.46. The number of fused-ring (bicyclic) bond motifs is 3. The molecule has 1 aromatic carbocycles. The summed E-state index contributed by atoms with van der Waals surface area (Å²) in [4.78, 5) is 56.8. The maximum Gasteiger partial charge on any atom is 0.248 e. The molecule has 1 aromatic rings. The van der Waals surface area contributed by atoms with Crippen LogP contribution in [-0.2, 0) is 39.9 Å². The van der Waals surface area contributed by atoms with E-state index in [0.717, 1.165) is 18.4 Å². The summed E-state index contributed by atoms with van der Waals surface area (Å²) in [5.74, 6) is -0.787. The highest BCUT2D eigenvalue weighted by Gasteiger charge is 2.42. The molecule has 4 aliphatic heterocycles. The molecule has 44 heavy (non-hydrogen) atoms. The van der Waals surface area contributed by atoms with Gasteiger partial charge in [0.25, 0.3) is 0 Å². The lowest BCUT2D eigenvalue weighted by atomic mass is 9.80. The Morgan fingerprint density at radius 2 is 1.66 bits per heavy atom. The molecule has 12 heteroatoms. The van der Waals surface area contributed by atoms with Crippen LogP contribution in [0, 0.1) is 11.8 Å². The number of carbonyl (C=O) groups is 4. The standard InChI is InChI=1S/C32H47N5O7/c38-29(34-19-23-4-2-1-3-5-23)16-24-6-10-36-20-25(24)17-30(39)37-21-27(35-26-7-11-42-12-8-26)18-28(37)32(41)33-9-13-43-14-15-44-22-31(36)40/h1-5,24-28,35H,6-22H2,(H,33,41)(H,34,38)/t24-,25-,27-,28-/m0/s1. The molecule has 0 radical (unpaired) electrons. The molecule has 4 saturated heterocycles. The van der Waals surface area contributed by atoms with Gasteiger partial charge in [0.2, 0.25) is 23.6 Å². The van der Waals surface area contributed by atoms with Gasteiger partial charge >= 0.3 is 0 Å². The van der Waals surface area contributed by atoms with E-state index in [0.29, 0.717) is 78.0 Å². The molecule has 0 aromatic heterocycles. The molecule has 12 nitrogen and oxygen atoms in total. The van der Waals surface area contributed by atoms with Crippen LogP contribution in [0.25, 0.3) is 0 Å². The summed E-state index contributed by atoms with van der Waals surface area (Å²) in [7, 11) is 0. The summed E-state index contributed by atoms with van der Waals surface area (Å²) < 4.78 is 16.6. The fourth-order valence-electron chi connectivity index (χ4n) is 6.77. The predicted molar refractivity (Wildman–Crippen MR) is 161 cm³/mol. The molecule has 0 spiro atoms. The van der Waals surface area contributed by atoms with Gasteiger partial charge in [-0.05, 0) is 43.1 Å². The van der Waals surface area contributed by atoms with Crippen molar-refractivity contribution in [3.63, 3.8) is 0 Å². The molecule has 3 N–H and O–H groups in total. The maximum absolute atomic E-state index is 14.0. The number of rotatable bonds is 6. The van der Waals surface area contributed by atoms with Crippen LogP contribution < -0.4 is 16.0 Å². The zero-order valence-electron chi connectivity index (χ0n) is 25.5. The number of piperidine rings is 1. The third-order valence-electron chi connectivity index (χ3n) is 9.22. The smallest absolute Gasteiger partial charge is 0.248 e. The van der Waals surface area contributed by atoms with Crippen molar-refractivity contribution in [3.05, 3.63) is 35.9 Å². The Morgan fingerprint density at radius 3 is 2.48 bits per heavy atom. The fraction of sp³-hybridized carbons (Fsp3) is 0.688. The van der Waals surface area contributed by atoms with Gasteiger partial charge in [-0.25, -0.2) is 0 Å². The highest BCUT2D eigenvalue weighted by Crippen LogP contribution is 2.31. The summed E-state index contributed by atoms with van der Waals surface area (Å²) in [6.07, 6.45) is 3.40. The van der Waals surface area contributed by atoms with E-state index in [2.05, 4.69) is 16.0 Å². The van der Waals surface area contributed by atoms with Crippen molar-refractivity contribution in [2.45, 2.75) is 63.2 Å². The van der Waals surface area contributed by atoms with E-state index in [4.69, 9.17) is 14.2 Å². The highest BCUT2D eigenvalue weighted by molar-refractivity contribution is 5.88. The van der Waals surface area contributed by atoms with Crippen molar-refractivity contribution >= 4 is 23.6 Å². The van der Waals surface area contributed by atoms with Crippen LogP contribution in [-0.4, -0.2) is 117 Å². The Kier molecular flexibility index (Phi) is 12.0. The minimum atomic E-state index is -0.590. The van der Waals surface area contributed by atoms with Gasteiger partial charge in [0, 0.05) is 70.9 Å². The molecule has 0 saturated carbocycles. The Hall–Kier alpha value is -3.06. The molecular weight excluding hydrogens is 566 g/mol. The van der Waals surface area contributed by atoms with Crippen LogP contribution in [0.15, 0.2) is 30.3 Å². The number of nitrogens with one attached hydrogen (secondary N) is 3. The van der Waals surface area contributed by atoms with Crippen molar-refractivity contribution in [2.24, 2.45) is 11.8 Å². The number of hydrogen-bond acceptors (Lipinski definition) is 8. The van der Waals surface area contributed by atoms with Crippen LogP contribution >= 0.6 is 0 Å². The first kappa shape index (κ1) is 32.3. The molecule has 4 aliphatic rings. The molecule has 5 rings (SSSR count). The Morgan fingerprint density at radius 1 is 0.886 bits per heavy atom. The topological polar surface area (TPSA) is 139 Å². The summed E-state index contributed by atoms with van der Waals surface area (Å²) in [5, 5.41) is 9.63. The van der Waals surface area contributed by atoms with Gasteiger partial charge < -0.3 is 40.0 Å². The minimum Gasteiger partial charge on any atom is -0.381 e. The lowest BCUT2D eigenvalue weighted by Gasteiger charge is -2.39. The summed E-state index contributed by atoms with van der Waals surface area (Å²) in [6.45, 7) is 4.34. The largest absolute Gasteiger partial charge is 0.381 e. The average molecular weight is 614 g/mol. The van der Waals surface area contributed by atoms with E-state index in [1.807, 2.05) is 30.3 Å². The third kappa shape index (κ3) is 9.23. The Balaban J connectivity index is 1.28. The molecule has 2 bridgehead atoms. The number of amides is 4. The number of nitrogens with zero attached hydrogens (tertiary/aromatic N) is 2.